The summed E-state index contributed by atoms with van der Waals surface area (Å²) in [6, 6.07) is 0. The van der Waals surface area contributed by atoms with Gasteiger partial charge < -0.3 is 25.5 Å². The van der Waals surface area contributed by atoms with E-state index >= 15 is 0 Å². The predicted molar refractivity (Wildman–Crippen MR) is 145 cm³/mol. The third-order valence-electron chi connectivity index (χ3n) is 6.69. The summed E-state index contributed by atoms with van der Waals surface area (Å²) in [5.41, 5.74) is 0. The zero-order valence-corrected chi connectivity index (χ0v) is 23.7. The summed E-state index contributed by atoms with van der Waals surface area (Å²) in [5.74, 6) is 0. The van der Waals surface area contributed by atoms with E-state index in [1.807, 2.05) is 13.8 Å². The molecule has 5 atom stereocenters. The molecule has 0 bridgehead atoms. The minimum Gasteiger partial charge on any atom is -0.392 e. The molecule has 0 spiro atoms. The van der Waals surface area contributed by atoms with Crippen LogP contribution in [0.15, 0.2) is 0 Å². The summed E-state index contributed by atoms with van der Waals surface area (Å²) in [6.07, 6.45) is -1.30. The highest BCUT2D eigenvalue weighted by Gasteiger charge is 2.20. The van der Waals surface area contributed by atoms with Crippen molar-refractivity contribution in [3.05, 3.63) is 0 Å². The molecule has 0 saturated carbocycles. The zero-order valence-electron chi connectivity index (χ0n) is 23.7. The molecule has 1 aliphatic rings. The SMILES string of the molecule is CCC(O)CN(CCN1CCN(CC(C)O)CC1)CCN(CCN(CC(C)O)CC(C)O)CC(C)O. The molecule has 10 heteroatoms. The summed E-state index contributed by atoms with van der Waals surface area (Å²) in [7, 11) is 0. The topological polar surface area (TPSA) is 117 Å². The number of aliphatic hydroxyl groups excluding tert-OH is 5. The minimum absolute atomic E-state index is 0.293. The number of hydrogen-bond acceptors (Lipinski definition) is 10. The van der Waals surface area contributed by atoms with Gasteiger partial charge in [0.2, 0.25) is 0 Å². The molecule has 1 fully saturated rings. The maximum atomic E-state index is 10.3. The van der Waals surface area contributed by atoms with Gasteiger partial charge in [0.25, 0.3) is 0 Å². The Bertz CT molecular complexity index is 523. The Kier molecular flexibility index (Phi) is 17.5. The molecule has 1 saturated heterocycles. The van der Waals surface area contributed by atoms with Gasteiger partial charge in [0.1, 0.15) is 0 Å². The second-order valence-electron chi connectivity index (χ2n) is 11.0. The van der Waals surface area contributed by atoms with Crippen LogP contribution in [0.1, 0.15) is 41.0 Å². The largest absolute Gasteiger partial charge is 0.392 e. The summed E-state index contributed by atoms with van der Waals surface area (Å²) in [5, 5.41) is 49.7. The fraction of sp³-hybridized carbons (Fsp3) is 1.00. The normalized spacial score (nSPS) is 20.2. The quantitative estimate of drug-likeness (QED) is 0.134. The maximum Gasteiger partial charge on any atom is 0.0664 e. The molecule has 0 radical (unpaired) electrons. The lowest BCUT2D eigenvalue weighted by Gasteiger charge is -2.37. The number of β-amino-alcohol motifs (C(OH)–C–C–N with tert-alkyl or cyclic N) is 1. The van der Waals surface area contributed by atoms with Gasteiger partial charge in [-0.25, -0.2) is 0 Å². The average Bonchev–Trinajstić information content (AvgIpc) is 2.78. The fourth-order valence-corrected chi connectivity index (χ4v) is 4.81. The third-order valence-corrected chi connectivity index (χ3v) is 6.69. The fourth-order valence-electron chi connectivity index (χ4n) is 4.81. The molecule has 0 aromatic rings. The Labute approximate surface area is 220 Å². The highest BCUT2D eigenvalue weighted by molar-refractivity contribution is 4.76. The molecular formula is C26H57N5O5. The smallest absolute Gasteiger partial charge is 0.0664 e. The van der Waals surface area contributed by atoms with Crippen LogP contribution >= 0.6 is 0 Å². The van der Waals surface area contributed by atoms with Crippen molar-refractivity contribution in [3.63, 3.8) is 0 Å². The molecule has 10 nitrogen and oxygen atoms in total. The van der Waals surface area contributed by atoms with Crippen molar-refractivity contribution in [2.75, 3.05) is 98.2 Å². The lowest BCUT2D eigenvalue weighted by Crippen LogP contribution is -2.51. The van der Waals surface area contributed by atoms with Crippen LogP contribution in [0.5, 0.6) is 0 Å². The van der Waals surface area contributed by atoms with Crippen LogP contribution in [0.2, 0.25) is 0 Å². The van der Waals surface area contributed by atoms with Crippen molar-refractivity contribution in [3.8, 4) is 0 Å². The third kappa shape index (κ3) is 16.4. The lowest BCUT2D eigenvalue weighted by molar-refractivity contribution is 0.0553. The first kappa shape index (κ1) is 33.6. The summed E-state index contributed by atoms with van der Waals surface area (Å²) in [6.45, 7) is 20.9. The molecule has 5 unspecified atom stereocenters. The second kappa shape index (κ2) is 18.8. The summed E-state index contributed by atoms with van der Waals surface area (Å²) in [4.78, 5) is 11.4. The van der Waals surface area contributed by atoms with Crippen molar-refractivity contribution >= 4 is 0 Å². The van der Waals surface area contributed by atoms with Gasteiger partial charge in [-0.15, -0.1) is 0 Å². The van der Waals surface area contributed by atoms with Gasteiger partial charge in [-0.1, -0.05) is 6.92 Å². The van der Waals surface area contributed by atoms with E-state index < -0.39 is 18.3 Å². The average molecular weight is 520 g/mol. The van der Waals surface area contributed by atoms with Crippen LogP contribution in [-0.4, -0.2) is 179 Å². The molecule has 216 valence electrons. The van der Waals surface area contributed by atoms with Crippen LogP contribution in [0.25, 0.3) is 0 Å². The van der Waals surface area contributed by atoms with Gasteiger partial charge in [0, 0.05) is 98.2 Å². The van der Waals surface area contributed by atoms with E-state index in [1.165, 1.54) is 0 Å². The first-order chi connectivity index (χ1) is 17.0. The van der Waals surface area contributed by atoms with Gasteiger partial charge in [0.05, 0.1) is 30.5 Å². The summed E-state index contributed by atoms with van der Waals surface area (Å²) >= 11 is 0. The van der Waals surface area contributed by atoms with E-state index in [1.54, 1.807) is 20.8 Å². The Morgan fingerprint density at radius 1 is 0.556 bits per heavy atom. The van der Waals surface area contributed by atoms with E-state index in [-0.39, 0.29) is 12.2 Å². The van der Waals surface area contributed by atoms with Crippen LogP contribution < -0.4 is 0 Å². The van der Waals surface area contributed by atoms with E-state index in [0.717, 1.165) is 71.9 Å². The number of nitrogens with zero attached hydrogens (tertiary/aromatic N) is 5. The van der Waals surface area contributed by atoms with E-state index in [0.29, 0.717) is 32.7 Å². The predicted octanol–water partition coefficient (Wildman–Crippen LogP) is -1.20. The van der Waals surface area contributed by atoms with Crippen molar-refractivity contribution in [1.82, 2.24) is 24.5 Å². The lowest BCUT2D eigenvalue weighted by atomic mass is 10.2. The van der Waals surface area contributed by atoms with Crippen LogP contribution in [0.4, 0.5) is 0 Å². The molecule has 36 heavy (non-hydrogen) atoms. The van der Waals surface area contributed by atoms with Gasteiger partial charge in [-0.3, -0.25) is 24.5 Å². The molecule has 1 rings (SSSR count). The van der Waals surface area contributed by atoms with Crippen LogP contribution in [0.3, 0.4) is 0 Å². The Morgan fingerprint density at radius 3 is 1.42 bits per heavy atom. The number of aliphatic hydroxyl groups is 5. The van der Waals surface area contributed by atoms with Crippen molar-refractivity contribution < 1.29 is 25.5 Å². The second-order valence-corrected chi connectivity index (χ2v) is 11.0. The van der Waals surface area contributed by atoms with Crippen molar-refractivity contribution in [1.29, 1.82) is 0 Å². The summed E-state index contributed by atoms with van der Waals surface area (Å²) < 4.78 is 0. The first-order valence-corrected chi connectivity index (χ1v) is 14.0. The minimum atomic E-state index is -0.464. The van der Waals surface area contributed by atoms with E-state index in [4.69, 9.17) is 0 Å². The zero-order chi connectivity index (χ0) is 27.1. The molecule has 0 aliphatic carbocycles. The highest BCUT2D eigenvalue weighted by Crippen LogP contribution is 2.06. The van der Waals surface area contributed by atoms with Gasteiger partial charge in [-0.05, 0) is 34.1 Å². The van der Waals surface area contributed by atoms with Crippen LogP contribution in [-0.2, 0) is 0 Å². The monoisotopic (exact) mass is 519 g/mol. The molecule has 0 aromatic carbocycles. The Morgan fingerprint density at radius 2 is 0.972 bits per heavy atom. The van der Waals surface area contributed by atoms with Gasteiger partial charge in [-0.2, -0.15) is 0 Å². The number of hydrogen-bond donors (Lipinski definition) is 5. The number of piperazine rings is 1. The van der Waals surface area contributed by atoms with Crippen molar-refractivity contribution in [2.24, 2.45) is 0 Å². The first-order valence-electron chi connectivity index (χ1n) is 14.0. The maximum absolute atomic E-state index is 10.3. The Hall–Kier alpha value is -0.400. The van der Waals surface area contributed by atoms with Crippen molar-refractivity contribution in [2.45, 2.75) is 71.6 Å². The van der Waals surface area contributed by atoms with E-state index in [9.17, 15) is 25.5 Å². The molecule has 1 heterocycles. The molecule has 0 aromatic heterocycles. The Balaban J connectivity index is 2.62. The molecule has 0 amide bonds. The van der Waals surface area contributed by atoms with Gasteiger partial charge in [0.15, 0.2) is 0 Å². The standard InChI is InChI=1S/C26H57N5O5/c1-6-26(36)21-30(12-9-27-7-10-28(11-8-27)17-22(2)32)14-13-29(18-23(3)33)15-16-31(19-24(4)34)20-25(5)35/h22-26,32-36H,6-21H2,1-5H3. The van der Waals surface area contributed by atoms with E-state index in [2.05, 4.69) is 24.5 Å². The number of rotatable bonds is 20. The molecular weight excluding hydrogens is 462 g/mol. The van der Waals surface area contributed by atoms with Gasteiger partial charge >= 0.3 is 0 Å². The molecule has 5 N–H and O–H groups in total. The van der Waals surface area contributed by atoms with Crippen LogP contribution in [0, 0.1) is 0 Å². The highest BCUT2D eigenvalue weighted by atomic mass is 16.3. The molecule has 1 aliphatic heterocycles.